The average Bonchev–Trinajstić information content (AvgIpc) is 2.42. The van der Waals surface area contributed by atoms with Crippen LogP contribution in [-0.4, -0.2) is 41.0 Å². The number of rotatable bonds is 6. The molecule has 0 aromatic heterocycles. The zero-order valence-corrected chi connectivity index (χ0v) is 11.1. The van der Waals surface area contributed by atoms with Gasteiger partial charge >= 0.3 is 12.0 Å². The van der Waals surface area contributed by atoms with Gasteiger partial charge in [-0.3, -0.25) is 4.79 Å². The SMILES string of the molecule is CCN(CC(N)=O)C(=O)NC(C(=O)O)c1ccccc1. The molecule has 0 spiro atoms. The van der Waals surface area contributed by atoms with Crippen molar-refractivity contribution in [1.82, 2.24) is 10.2 Å². The van der Waals surface area contributed by atoms with Crippen LogP contribution in [0.5, 0.6) is 0 Å². The molecule has 0 heterocycles. The fourth-order valence-corrected chi connectivity index (χ4v) is 1.66. The van der Waals surface area contributed by atoms with Crippen molar-refractivity contribution in [2.24, 2.45) is 5.73 Å². The highest BCUT2D eigenvalue weighted by atomic mass is 16.4. The number of hydrogen-bond donors (Lipinski definition) is 3. The largest absolute Gasteiger partial charge is 0.479 e. The number of aliphatic carboxylic acids is 1. The first kappa shape index (κ1) is 15.5. The maximum absolute atomic E-state index is 11.9. The summed E-state index contributed by atoms with van der Waals surface area (Å²) in [5.41, 5.74) is 5.48. The van der Waals surface area contributed by atoms with Crippen molar-refractivity contribution in [1.29, 1.82) is 0 Å². The lowest BCUT2D eigenvalue weighted by Gasteiger charge is -2.22. The lowest BCUT2D eigenvalue weighted by atomic mass is 10.1. The Morgan fingerprint density at radius 3 is 2.35 bits per heavy atom. The van der Waals surface area contributed by atoms with Gasteiger partial charge in [-0.2, -0.15) is 0 Å². The van der Waals surface area contributed by atoms with Crippen LogP contribution in [0.4, 0.5) is 4.79 Å². The van der Waals surface area contributed by atoms with Crippen LogP contribution in [-0.2, 0) is 9.59 Å². The molecule has 1 rings (SSSR count). The molecular formula is C13H17N3O4. The first-order valence-corrected chi connectivity index (χ1v) is 6.07. The maximum atomic E-state index is 11.9. The molecule has 0 aliphatic heterocycles. The maximum Gasteiger partial charge on any atom is 0.330 e. The smallest absolute Gasteiger partial charge is 0.330 e. The van der Waals surface area contributed by atoms with Gasteiger partial charge in [0.25, 0.3) is 0 Å². The molecule has 1 aromatic rings. The quantitative estimate of drug-likeness (QED) is 0.696. The third kappa shape index (κ3) is 4.27. The number of carbonyl (C=O) groups excluding carboxylic acids is 2. The molecule has 1 atom stereocenters. The fraction of sp³-hybridized carbons (Fsp3) is 0.308. The molecule has 4 N–H and O–H groups in total. The van der Waals surface area contributed by atoms with Crippen LogP contribution < -0.4 is 11.1 Å². The predicted octanol–water partition coefficient (Wildman–Crippen LogP) is 0.329. The van der Waals surface area contributed by atoms with Gasteiger partial charge in [0.05, 0.1) is 0 Å². The van der Waals surface area contributed by atoms with Gasteiger partial charge in [0.1, 0.15) is 6.54 Å². The van der Waals surface area contributed by atoms with Crippen LogP contribution in [0.25, 0.3) is 0 Å². The highest BCUT2D eigenvalue weighted by molar-refractivity contribution is 5.86. The highest BCUT2D eigenvalue weighted by Crippen LogP contribution is 2.13. The monoisotopic (exact) mass is 279 g/mol. The zero-order chi connectivity index (χ0) is 15.1. The van der Waals surface area contributed by atoms with E-state index < -0.39 is 23.9 Å². The molecule has 0 saturated heterocycles. The van der Waals surface area contributed by atoms with Crippen LogP contribution >= 0.6 is 0 Å². The van der Waals surface area contributed by atoms with Crippen LogP contribution in [0.3, 0.4) is 0 Å². The van der Waals surface area contributed by atoms with E-state index in [9.17, 15) is 19.5 Å². The van der Waals surface area contributed by atoms with Gasteiger partial charge < -0.3 is 21.1 Å². The molecule has 0 aliphatic rings. The standard InChI is InChI=1S/C13H17N3O4/c1-2-16(8-10(14)17)13(20)15-11(12(18)19)9-6-4-3-5-7-9/h3-7,11H,2,8H2,1H3,(H2,14,17)(H,15,20)(H,18,19). The molecule has 1 aromatic carbocycles. The van der Waals surface area contributed by atoms with Gasteiger partial charge in [-0.05, 0) is 12.5 Å². The van der Waals surface area contributed by atoms with E-state index in [1.165, 1.54) is 0 Å². The number of urea groups is 1. The zero-order valence-electron chi connectivity index (χ0n) is 11.1. The number of benzene rings is 1. The number of nitrogens with one attached hydrogen (secondary N) is 1. The summed E-state index contributed by atoms with van der Waals surface area (Å²) in [6, 6.07) is 6.48. The minimum atomic E-state index is -1.18. The minimum Gasteiger partial charge on any atom is -0.479 e. The molecule has 7 nitrogen and oxygen atoms in total. The van der Waals surface area contributed by atoms with Gasteiger partial charge in [-0.25, -0.2) is 9.59 Å². The molecule has 108 valence electrons. The van der Waals surface area contributed by atoms with E-state index in [4.69, 9.17) is 5.73 Å². The first-order chi connectivity index (χ1) is 9.45. The van der Waals surface area contributed by atoms with Crippen molar-refractivity contribution < 1.29 is 19.5 Å². The average molecular weight is 279 g/mol. The van der Waals surface area contributed by atoms with E-state index in [1.54, 1.807) is 37.3 Å². The molecular weight excluding hydrogens is 262 g/mol. The Hall–Kier alpha value is -2.57. The summed E-state index contributed by atoms with van der Waals surface area (Å²) in [6.45, 7) is 1.65. The van der Waals surface area contributed by atoms with Crippen molar-refractivity contribution >= 4 is 17.9 Å². The van der Waals surface area contributed by atoms with Crippen LogP contribution in [0.2, 0.25) is 0 Å². The van der Waals surface area contributed by atoms with E-state index in [0.29, 0.717) is 5.56 Å². The number of amides is 3. The summed E-state index contributed by atoms with van der Waals surface area (Å²) >= 11 is 0. The Kier molecular flexibility index (Phi) is 5.52. The predicted molar refractivity (Wildman–Crippen MR) is 71.8 cm³/mol. The van der Waals surface area contributed by atoms with Crippen molar-refractivity contribution in [3.63, 3.8) is 0 Å². The van der Waals surface area contributed by atoms with Gasteiger partial charge in [0, 0.05) is 6.54 Å². The van der Waals surface area contributed by atoms with Crippen molar-refractivity contribution in [2.45, 2.75) is 13.0 Å². The Bertz CT molecular complexity index is 490. The summed E-state index contributed by atoms with van der Waals surface area (Å²) in [5.74, 6) is -1.84. The Morgan fingerprint density at radius 2 is 1.90 bits per heavy atom. The van der Waals surface area contributed by atoms with Crippen molar-refractivity contribution in [3.8, 4) is 0 Å². The van der Waals surface area contributed by atoms with Gasteiger partial charge in [0.15, 0.2) is 6.04 Å². The third-order valence-electron chi connectivity index (χ3n) is 2.66. The van der Waals surface area contributed by atoms with Crippen LogP contribution in [0.15, 0.2) is 30.3 Å². The van der Waals surface area contributed by atoms with E-state index >= 15 is 0 Å². The second-order valence-electron chi connectivity index (χ2n) is 4.11. The lowest BCUT2D eigenvalue weighted by molar-refractivity contribution is -0.139. The topological polar surface area (TPSA) is 113 Å². The van der Waals surface area contributed by atoms with Crippen molar-refractivity contribution in [2.75, 3.05) is 13.1 Å². The summed E-state index contributed by atoms with van der Waals surface area (Å²) in [7, 11) is 0. The van der Waals surface area contributed by atoms with Crippen molar-refractivity contribution in [3.05, 3.63) is 35.9 Å². The number of likely N-dealkylation sites (N-methyl/N-ethyl adjacent to an activating group) is 1. The summed E-state index contributed by atoms with van der Waals surface area (Å²) < 4.78 is 0. The number of hydrogen-bond acceptors (Lipinski definition) is 3. The minimum absolute atomic E-state index is 0.246. The Morgan fingerprint density at radius 1 is 1.30 bits per heavy atom. The molecule has 7 heteroatoms. The van der Waals surface area contributed by atoms with E-state index in [0.717, 1.165) is 4.90 Å². The molecule has 1 unspecified atom stereocenters. The third-order valence-corrected chi connectivity index (χ3v) is 2.66. The second-order valence-corrected chi connectivity index (χ2v) is 4.11. The van der Waals surface area contributed by atoms with Gasteiger partial charge in [-0.1, -0.05) is 30.3 Å². The number of carboxylic acids is 1. The number of nitrogens with two attached hydrogens (primary N) is 1. The molecule has 3 amide bonds. The number of nitrogens with zero attached hydrogens (tertiary/aromatic N) is 1. The molecule has 20 heavy (non-hydrogen) atoms. The summed E-state index contributed by atoms with van der Waals surface area (Å²) in [4.78, 5) is 35.2. The molecule has 0 radical (unpaired) electrons. The van der Waals surface area contributed by atoms with E-state index in [2.05, 4.69) is 5.32 Å². The highest BCUT2D eigenvalue weighted by Gasteiger charge is 2.24. The van der Waals surface area contributed by atoms with Crippen LogP contribution in [0, 0.1) is 0 Å². The molecule has 0 bridgehead atoms. The number of carboxylic acid groups (broad SMARTS) is 1. The second kappa shape index (κ2) is 7.13. The fourth-order valence-electron chi connectivity index (χ4n) is 1.66. The molecule has 0 fully saturated rings. The lowest BCUT2D eigenvalue weighted by Crippen LogP contribution is -2.46. The molecule has 0 aliphatic carbocycles. The Balaban J connectivity index is 2.83. The summed E-state index contributed by atoms with van der Waals surface area (Å²) in [6.07, 6.45) is 0. The number of carbonyl (C=O) groups is 3. The van der Waals surface area contributed by atoms with Crippen LogP contribution in [0.1, 0.15) is 18.5 Å². The van der Waals surface area contributed by atoms with Gasteiger partial charge in [-0.15, -0.1) is 0 Å². The summed E-state index contributed by atoms with van der Waals surface area (Å²) in [5, 5.41) is 11.6. The first-order valence-electron chi connectivity index (χ1n) is 6.07. The normalized spacial score (nSPS) is 11.4. The Labute approximate surface area is 116 Å². The number of primary amides is 1. The van der Waals surface area contributed by atoms with E-state index in [-0.39, 0.29) is 13.1 Å². The van der Waals surface area contributed by atoms with Gasteiger partial charge in [0.2, 0.25) is 5.91 Å². The molecule has 0 saturated carbocycles. The van der Waals surface area contributed by atoms with E-state index in [1.807, 2.05) is 0 Å².